The Labute approximate surface area is 177 Å². The number of aromatic nitrogens is 1. The summed E-state index contributed by atoms with van der Waals surface area (Å²) in [6, 6.07) is 11.2. The van der Waals surface area contributed by atoms with Crippen molar-refractivity contribution in [3.8, 4) is 17.1 Å². The lowest BCUT2D eigenvalue weighted by atomic mass is 9.95. The molecule has 0 saturated heterocycles. The second-order valence-corrected chi connectivity index (χ2v) is 8.56. The summed E-state index contributed by atoms with van der Waals surface area (Å²) in [5, 5.41) is 0.765. The largest absolute Gasteiger partial charge is 0.464 e. The predicted octanol–water partition coefficient (Wildman–Crippen LogP) is 4.65. The lowest BCUT2D eigenvalue weighted by molar-refractivity contribution is 0.0739. The summed E-state index contributed by atoms with van der Waals surface area (Å²) in [6.07, 6.45) is 2.49. The molecule has 7 heteroatoms. The fourth-order valence-corrected chi connectivity index (χ4v) is 4.92. The molecule has 30 heavy (non-hydrogen) atoms. The van der Waals surface area contributed by atoms with E-state index in [0.29, 0.717) is 16.3 Å². The maximum Gasteiger partial charge on any atom is 0.355 e. The predicted molar refractivity (Wildman–Crippen MR) is 118 cm³/mol. The van der Waals surface area contributed by atoms with E-state index < -0.39 is 5.97 Å². The lowest BCUT2D eigenvalue weighted by Crippen LogP contribution is -2.27. The molecule has 3 aromatic heterocycles. The summed E-state index contributed by atoms with van der Waals surface area (Å²) < 4.78 is 11.4. The van der Waals surface area contributed by atoms with E-state index in [2.05, 4.69) is 11.9 Å². The number of nitrogens with zero attached hydrogens (tertiary/aromatic N) is 2. The molecule has 152 valence electrons. The minimum absolute atomic E-state index is 0.365. The molecule has 0 radical (unpaired) electrons. The van der Waals surface area contributed by atoms with Gasteiger partial charge in [-0.05, 0) is 43.3 Å². The van der Waals surface area contributed by atoms with E-state index >= 15 is 0 Å². The number of rotatable bonds is 3. The third-order valence-electron chi connectivity index (χ3n) is 5.47. The van der Waals surface area contributed by atoms with Crippen molar-refractivity contribution >= 4 is 33.2 Å². The lowest BCUT2D eigenvalue weighted by Gasteiger charge is -2.26. The third kappa shape index (κ3) is 3.07. The molecule has 0 atom stereocenters. The molecule has 0 fully saturated rings. The van der Waals surface area contributed by atoms with Gasteiger partial charge in [-0.1, -0.05) is 18.2 Å². The quantitative estimate of drug-likeness (QED) is 0.384. The van der Waals surface area contributed by atoms with Gasteiger partial charge in [-0.25, -0.2) is 9.78 Å². The molecule has 0 bridgehead atoms. The number of hydrogen-bond acceptors (Lipinski definition) is 7. The number of esters is 1. The monoisotopic (exact) mass is 419 g/mol. The number of carbonyl (C=O) groups excluding carboxylic acids is 1. The van der Waals surface area contributed by atoms with Crippen molar-refractivity contribution in [1.82, 2.24) is 9.88 Å². The smallest absolute Gasteiger partial charge is 0.355 e. The fraction of sp³-hybridized carbons (Fsp3) is 0.217. The van der Waals surface area contributed by atoms with E-state index in [4.69, 9.17) is 19.9 Å². The van der Waals surface area contributed by atoms with Crippen molar-refractivity contribution in [3.63, 3.8) is 0 Å². The Morgan fingerprint density at radius 2 is 2.10 bits per heavy atom. The Morgan fingerprint density at radius 1 is 1.27 bits per heavy atom. The Morgan fingerprint density at radius 3 is 2.87 bits per heavy atom. The van der Waals surface area contributed by atoms with Crippen LogP contribution >= 0.6 is 11.3 Å². The van der Waals surface area contributed by atoms with Crippen LogP contribution in [0.4, 0.5) is 5.69 Å². The first-order valence-corrected chi connectivity index (χ1v) is 10.6. The van der Waals surface area contributed by atoms with Crippen LogP contribution in [0.5, 0.6) is 5.75 Å². The van der Waals surface area contributed by atoms with Crippen LogP contribution in [0.25, 0.3) is 21.5 Å². The molecule has 4 aromatic rings. The number of likely N-dealkylation sites (N-methyl/N-ethyl adjacent to an activating group) is 1. The number of aryl methyl sites for hydroxylation is 1. The van der Waals surface area contributed by atoms with Crippen LogP contribution in [-0.4, -0.2) is 29.4 Å². The number of para-hydroxylation sites is 1. The van der Waals surface area contributed by atoms with E-state index in [-0.39, 0.29) is 0 Å². The van der Waals surface area contributed by atoms with Gasteiger partial charge in [-0.2, -0.15) is 0 Å². The zero-order valence-corrected chi connectivity index (χ0v) is 17.6. The van der Waals surface area contributed by atoms with Gasteiger partial charge < -0.3 is 19.8 Å². The Bertz CT molecular complexity index is 1260. The van der Waals surface area contributed by atoms with Gasteiger partial charge >= 0.3 is 5.97 Å². The van der Waals surface area contributed by atoms with Gasteiger partial charge in [0.1, 0.15) is 21.2 Å². The second kappa shape index (κ2) is 7.27. The highest BCUT2D eigenvalue weighted by Gasteiger charge is 2.28. The van der Waals surface area contributed by atoms with Crippen LogP contribution in [0, 0.1) is 6.92 Å². The molecule has 0 spiro atoms. The maximum atomic E-state index is 13.0. The number of nitrogen functional groups attached to an aromatic ring is 1. The molecule has 0 unspecified atom stereocenters. The average Bonchev–Trinajstić information content (AvgIpc) is 3.37. The van der Waals surface area contributed by atoms with Gasteiger partial charge in [-0.15, -0.1) is 11.3 Å². The van der Waals surface area contributed by atoms with Gasteiger partial charge in [0.05, 0.1) is 12.0 Å². The van der Waals surface area contributed by atoms with E-state index in [0.717, 1.165) is 57.9 Å². The summed E-state index contributed by atoms with van der Waals surface area (Å²) in [5.74, 6) is 0.794. The van der Waals surface area contributed by atoms with Gasteiger partial charge in [-0.3, -0.25) is 0 Å². The molecular weight excluding hydrogens is 398 g/mol. The maximum absolute atomic E-state index is 13.0. The molecule has 5 rings (SSSR count). The van der Waals surface area contributed by atoms with Crippen molar-refractivity contribution < 1.29 is 13.9 Å². The Balaban J connectivity index is 1.68. The molecule has 6 nitrogen and oxygen atoms in total. The SMILES string of the molecule is Cc1ccccc1OC(=O)c1sc2nc3c(c(-c4ccco4)c2c1N)CN(C)CC3. The van der Waals surface area contributed by atoms with Crippen LogP contribution in [-0.2, 0) is 13.0 Å². The van der Waals surface area contributed by atoms with Gasteiger partial charge in [0.2, 0.25) is 0 Å². The zero-order valence-electron chi connectivity index (χ0n) is 16.8. The highest BCUT2D eigenvalue weighted by atomic mass is 32.1. The van der Waals surface area contributed by atoms with Crippen LogP contribution in [0.15, 0.2) is 47.1 Å². The first-order chi connectivity index (χ1) is 14.5. The van der Waals surface area contributed by atoms with Gasteiger partial charge in [0.15, 0.2) is 0 Å². The summed E-state index contributed by atoms with van der Waals surface area (Å²) in [7, 11) is 2.08. The Kier molecular flexibility index (Phi) is 4.56. The third-order valence-corrected chi connectivity index (χ3v) is 6.55. The van der Waals surface area contributed by atoms with Crippen molar-refractivity contribution in [1.29, 1.82) is 0 Å². The summed E-state index contributed by atoms with van der Waals surface area (Å²) in [4.78, 5) is 21.2. The summed E-state index contributed by atoms with van der Waals surface area (Å²) in [6.45, 7) is 3.59. The normalized spacial score (nSPS) is 14.1. The molecule has 2 N–H and O–H groups in total. The highest BCUT2D eigenvalue weighted by molar-refractivity contribution is 7.21. The number of pyridine rings is 1. The van der Waals surface area contributed by atoms with Crippen LogP contribution in [0.1, 0.15) is 26.5 Å². The number of hydrogen-bond donors (Lipinski definition) is 1. The first-order valence-electron chi connectivity index (χ1n) is 9.77. The number of fused-ring (bicyclic) bond motifs is 2. The number of ether oxygens (including phenoxy) is 1. The zero-order chi connectivity index (χ0) is 20.8. The molecule has 1 aliphatic heterocycles. The second-order valence-electron chi connectivity index (χ2n) is 7.56. The summed E-state index contributed by atoms with van der Waals surface area (Å²) in [5.41, 5.74) is 10.9. The van der Waals surface area contributed by atoms with Gasteiger partial charge in [0.25, 0.3) is 0 Å². The van der Waals surface area contributed by atoms with Gasteiger partial charge in [0, 0.05) is 36.2 Å². The molecule has 0 amide bonds. The number of thiophene rings is 1. The first kappa shape index (κ1) is 18.8. The standard InChI is InChI=1S/C23H21N3O3S/c1-13-6-3-4-7-16(13)29-23(27)21-20(24)19-18(17-8-5-11-28-17)14-12-26(2)10-9-15(14)25-22(19)30-21/h3-8,11H,9-10,12,24H2,1-2H3. The number of anilines is 1. The van der Waals surface area contributed by atoms with Crippen molar-refractivity contribution in [2.24, 2.45) is 0 Å². The molecule has 4 heterocycles. The highest BCUT2D eigenvalue weighted by Crippen LogP contribution is 2.43. The van der Waals surface area contributed by atoms with Crippen molar-refractivity contribution in [3.05, 3.63) is 64.4 Å². The van der Waals surface area contributed by atoms with Crippen LogP contribution < -0.4 is 10.5 Å². The Hall–Kier alpha value is -3.16. The minimum Gasteiger partial charge on any atom is -0.464 e. The van der Waals surface area contributed by atoms with E-state index in [1.165, 1.54) is 11.3 Å². The number of carbonyl (C=O) groups is 1. The van der Waals surface area contributed by atoms with E-state index in [1.807, 2.05) is 37.3 Å². The molecule has 1 aliphatic rings. The minimum atomic E-state index is -0.467. The fourth-order valence-electron chi connectivity index (χ4n) is 3.92. The van der Waals surface area contributed by atoms with Crippen molar-refractivity contribution in [2.45, 2.75) is 19.9 Å². The number of nitrogens with two attached hydrogens (primary N) is 1. The van der Waals surface area contributed by atoms with Crippen LogP contribution in [0.3, 0.4) is 0 Å². The molecular formula is C23H21N3O3S. The van der Waals surface area contributed by atoms with Crippen molar-refractivity contribution in [2.75, 3.05) is 19.3 Å². The van der Waals surface area contributed by atoms with Crippen LogP contribution in [0.2, 0.25) is 0 Å². The van der Waals surface area contributed by atoms with E-state index in [1.54, 1.807) is 12.3 Å². The molecule has 0 aliphatic carbocycles. The average molecular weight is 420 g/mol. The topological polar surface area (TPSA) is 81.6 Å². The summed E-state index contributed by atoms with van der Waals surface area (Å²) >= 11 is 1.28. The number of furan rings is 1. The van der Waals surface area contributed by atoms with E-state index in [9.17, 15) is 4.79 Å². The molecule has 1 aromatic carbocycles. The number of benzene rings is 1. The molecule has 0 saturated carbocycles.